The Labute approximate surface area is 110 Å². The largest absolute Gasteiger partial charge is 0.107 e. The molecule has 0 saturated heterocycles. The normalized spacial score (nSPS) is 17.4. The molecule has 2 heteroatoms. The highest BCUT2D eigenvalue weighted by atomic mass is 127. The fourth-order valence-electron chi connectivity index (χ4n) is 2.16. The zero-order valence-electron chi connectivity index (χ0n) is 10.8. The predicted molar refractivity (Wildman–Crippen MR) is 80.3 cm³/mol. The Morgan fingerprint density at radius 2 is 0.929 bits per heavy atom. The zero-order valence-corrected chi connectivity index (χ0v) is 14.1. The summed E-state index contributed by atoms with van der Waals surface area (Å²) in [6.07, 6.45) is 4.13. The third-order valence-corrected chi connectivity index (χ3v) is 8.18. The van der Waals surface area contributed by atoms with E-state index in [9.17, 15) is 0 Å². The molecule has 0 nitrogen and oxygen atoms in total. The van der Waals surface area contributed by atoms with Crippen LogP contribution < -0.4 is 0 Å². The molecule has 0 aliphatic carbocycles. The van der Waals surface area contributed by atoms with Gasteiger partial charge in [-0.25, -0.2) is 0 Å². The third kappa shape index (κ3) is 5.15. The van der Waals surface area contributed by atoms with Crippen molar-refractivity contribution in [1.29, 1.82) is 0 Å². The number of halogens is 1. The molecular weight excluding hydrogens is 299 g/mol. The summed E-state index contributed by atoms with van der Waals surface area (Å²) in [6.45, 7) is 14.4. The lowest BCUT2D eigenvalue weighted by molar-refractivity contribution is 0.720. The van der Waals surface area contributed by atoms with Crippen LogP contribution in [-0.2, 0) is 0 Å². The van der Waals surface area contributed by atoms with Crippen LogP contribution >= 0.6 is 24.0 Å². The van der Waals surface area contributed by atoms with Gasteiger partial charge in [0.2, 0.25) is 0 Å². The van der Waals surface area contributed by atoms with Crippen LogP contribution in [0.3, 0.4) is 0 Å². The van der Waals surface area contributed by atoms with Gasteiger partial charge in [-0.2, -0.15) is 0 Å². The minimum atomic E-state index is -0.130. The highest BCUT2D eigenvalue weighted by Gasteiger charge is 2.27. The first-order valence-corrected chi connectivity index (χ1v) is 7.68. The fourth-order valence-corrected chi connectivity index (χ4v) is 6.49. The quantitative estimate of drug-likeness (QED) is 0.446. The van der Waals surface area contributed by atoms with Gasteiger partial charge in [-0.15, -0.1) is 24.0 Å². The molecule has 0 aliphatic rings. The SMILES string of the molecule is CCC(C)[Si](C(C)CC)C(C)CC.I. The maximum Gasteiger partial charge on any atom is 0.0569 e. The van der Waals surface area contributed by atoms with Crippen molar-refractivity contribution in [2.75, 3.05) is 0 Å². The highest BCUT2D eigenvalue weighted by molar-refractivity contribution is 14.0. The van der Waals surface area contributed by atoms with E-state index < -0.39 is 0 Å². The monoisotopic (exact) mass is 327 g/mol. The number of hydrogen-bond donors (Lipinski definition) is 0. The van der Waals surface area contributed by atoms with E-state index in [4.69, 9.17) is 0 Å². The molecule has 0 bridgehead atoms. The zero-order chi connectivity index (χ0) is 10.4. The van der Waals surface area contributed by atoms with Gasteiger partial charge in [0, 0.05) is 0 Å². The molecule has 0 fully saturated rings. The van der Waals surface area contributed by atoms with Gasteiger partial charge in [0.05, 0.1) is 8.80 Å². The summed E-state index contributed by atoms with van der Waals surface area (Å²) in [5.74, 6) is 0. The molecule has 1 radical (unpaired) electrons. The van der Waals surface area contributed by atoms with Crippen LogP contribution in [0.1, 0.15) is 60.8 Å². The molecule has 0 aliphatic heterocycles. The molecule has 0 N–H and O–H groups in total. The second-order valence-electron chi connectivity index (χ2n) is 4.43. The van der Waals surface area contributed by atoms with Crippen LogP contribution in [0.2, 0.25) is 16.6 Å². The van der Waals surface area contributed by atoms with Crippen LogP contribution in [0.15, 0.2) is 0 Å². The Morgan fingerprint density at radius 3 is 1.07 bits per heavy atom. The van der Waals surface area contributed by atoms with E-state index in [1.54, 1.807) is 0 Å². The van der Waals surface area contributed by atoms with Gasteiger partial charge in [0.25, 0.3) is 0 Å². The van der Waals surface area contributed by atoms with Crippen LogP contribution in [-0.4, -0.2) is 8.80 Å². The standard InChI is InChI=1S/C12H27Si.HI/c1-7-10(4)13(11(5)8-2)12(6)9-3;/h10-12H,7-9H2,1-6H3;1H. The molecule has 0 aromatic carbocycles. The summed E-state index contributed by atoms with van der Waals surface area (Å²) in [6, 6.07) is 0. The molecule has 0 amide bonds. The second kappa shape index (κ2) is 9.19. The highest BCUT2D eigenvalue weighted by Crippen LogP contribution is 2.35. The third-order valence-electron chi connectivity index (χ3n) is 3.54. The summed E-state index contributed by atoms with van der Waals surface area (Å²) < 4.78 is 0. The van der Waals surface area contributed by atoms with Crippen molar-refractivity contribution in [1.82, 2.24) is 0 Å². The maximum absolute atomic E-state index is 2.46. The summed E-state index contributed by atoms with van der Waals surface area (Å²) in [5.41, 5.74) is 2.99. The molecule has 0 rings (SSSR count). The van der Waals surface area contributed by atoms with Gasteiger partial charge in [-0.1, -0.05) is 60.8 Å². The van der Waals surface area contributed by atoms with Crippen molar-refractivity contribution >= 4 is 32.8 Å². The lowest BCUT2D eigenvalue weighted by Gasteiger charge is -2.31. The van der Waals surface area contributed by atoms with E-state index >= 15 is 0 Å². The van der Waals surface area contributed by atoms with E-state index in [-0.39, 0.29) is 32.8 Å². The minimum absolute atomic E-state index is 0. The summed E-state index contributed by atoms with van der Waals surface area (Å²) in [5, 5.41) is 0. The van der Waals surface area contributed by atoms with Crippen LogP contribution in [0, 0.1) is 0 Å². The van der Waals surface area contributed by atoms with E-state index in [1.807, 2.05) is 0 Å². The molecule has 0 aromatic rings. The average Bonchev–Trinajstić information content (AvgIpc) is 2.16. The van der Waals surface area contributed by atoms with Gasteiger partial charge in [-0.05, 0) is 16.6 Å². The predicted octanol–water partition coefficient (Wildman–Crippen LogP) is 5.50. The van der Waals surface area contributed by atoms with Crippen molar-refractivity contribution < 1.29 is 0 Å². The Hall–Kier alpha value is 0.947. The number of rotatable bonds is 6. The Kier molecular flexibility index (Phi) is 11.4. The first-order valence-electron chi connectivity index (χ1n) is 5.94. The molecule has 3 atom stereocenters. The van der Waals surface area contributed by atoms with Gasteiger partial charge in [-0.3, -0.25) is 0 Å². The number of hydrogen-bond acceptors (Lipinski definition) is 0. The molecule has 87 valence electrons. The van der Waals surface area contributed by atoms with Gasteiger partial charge in [0.1, 0.15) is 0 Å². The van der Waals surface area contributed by atoms with Crippen LogP contribution in [0.25, 0.3) is 0 Å². The summed E-state index contributed by atoms with van der Waals surface area (Å²) >= 11 is 0. The van der Waals surface area contributed by atoms with Crippen LogP contribution in [0.5, 0.6) is 0 Å². The molecular formula is C12H28ISi. The Balaban J connectivity index is 0. The molecule has 0 heterocycles. The Morgan fingerprint density at radius 1 is 0.714 bits per heavy atom. The first kappa shape index (κ1) is 17.3. The lowest BCUT2D eigenvalue weighted by atomic mass is 10.3. The van der Waals surface area contributed by atoms with Crippen molar-refractivity contribution in [2.24, 2.45) is 0 Å². The fraction of sp³-hybridized carbons (Fsp3) is 1.00. The van der Waals surface area contributed by atoms with Crippen LogP contribution in [0.4, 0.5) is 0 Å². The van der Waals surface area contributed by atoms with Gasteiger partial charge in [0.15, 0.2) is 0 Å². The molecule has 0 spiro atoms. The van der Waals surface area contributed by atoms with Crippen molar-refractivity contribution in [3.8, 4) is 0 Å². The lowest BCUT2D eigenvalue weighted by Crippen LogP contribution is -2.28. The average molecular weight is 327 g/mol. The van der Waals surface area contributed by atoms with E-state index in [2.05, 4.69) is 41.5 Å². The van der Waals surface area contributed by atoms with Crippen molar-refractivity contribution in [3.05, 3.63) is 0 Å². The van der Waals surface area contributed by atoms with Crippen molar-refractivity contribution in [2.45, 2.75) is 77.4 Å². The van der Waals surface area contributed by atoms with E-state index in [1.165, 1.54) is 19.3 Å². The molecule has 0 aromatic heterocycles. The second-order valence-corrected chi connectivity index (χ2v) is 8.38. The molecule has 14 heavy (non-hydrogen) atoms. The summed E-state index contributed by atoms with van der Waals surface area (Å²) in [7, 11) is -0.130. The smallest absolute Gasteiger partial charge is 0.0569 e. The summed E-state index contributed by atoms with van der Waals surface area (Å²) in [4.78, 5) is 0. The maximum atomic E-state index is 2.46. The van der Waals surface area contributed by atoms with Crippen molar-refractivity contribution in [3.63, 3.8) is 0 Å². The van der Waals surface area contributed by atoms with Gasteiger partial charge >= 0.3 is 0 Å². The van der Waals surface area contributed by atoms with E-state index in [0.29, 0.717) is 0 Å². The Bertz CT molecular complexity index is 104. The minimum Gasteiger partial charge on any atom is -0.107 e. The molecule has 0 saturated carbocycles. The first-order chi connectivity index (χ1) is 6.08. The molecule has 3 unspecified atom stereocenters. The topological polar surface area (TPSA) is 0 Å². The van der Waals surface area contributed by atoms with Gasteiger partial charge < -0.3 is 0 Å². The van der Waals surface area contributed by atoms with E-state index in [0.717, 1.165) is 16.6 Å².